The van der Waals surface area contributed by atoms with Crippen LogP contribution in [0.25, 0.3) is 0 Å². The minimum absolute atomic E-state index is 0. The van der Waals surface area contributed by atoms with E-state index < -0.39 is 0 Å². The molecule has 0 fully saturated rings. The Kier molecular flexibility index (Phi) is 9.45. The van der Waals surface area contributed by atoms with Crippen LogP contribution < -0.4 is 27.4 Å². The molecule has 0 bridgehead atoms. The van der Waals surface area contributed by atoms with Gasteiger partial charge in [-0.2, -0.15) is 0 Å². The second-order valence-corrected chi connectivity index (χ2v) is 8.52. The lowest BCUT2D eigenvalue weighted by molar-refractivity contribution is 1.76. The first kappa shape index (κ1) is 21.0. The maximum atomic E-state index is 2.17. The number of hydrogen-bond acceptors (Lipinski definition) is 1. The molecular formula is C24H25NP2. The molecule has 3 heteroatoms. The van der Waals surface area contributed by atoms with E-state index in [-0.39, 0.29) is 6.15 Å². The fourth-order valence-electron chi connectivity index (χ4n) is 2.42. The van der Waals surface area contributed by atoms with Gasteiger partial charge in [-0.05, 0) is 21.2 Å². The molecule has 0 aliphatic carbocycles. The van der Waals surface area contributed by atoms with E-state index in [1.165, 1.54) is 21.2 Å². The predicted molar refractivity (Wildman–Crippen MR) is 126 cm³/mol. The molecule has 3 N–H and O–H groups in total. The molecule has 4 aromatic carbocycles. The number of benzene rings is 4. The van der Waals surface area contributed by atoms with Gasteiger partial charge in [-0.1, -0.05) is 138 Å². The van der Waals surface area contributed by atoms with Crippen LogP contribution in [0.1, 0.15) is 0 Å². The monoisotopic (exact) mass is 389 g/mol. The molecule has 0 atom stereocenters. The molecule has 0 unspecified atom stereocenters. The van der Waals surface area contributed by atoms with Gasteiger partial charge in [0, 0.05) is 0 Å². The smallest absolute Gasteiger partial charge is 0.0226 e. The van der Waals surface area contributed by atoms with Gasteiger partial charge in [0.25, 0.3) is 0 Å². The predicted octanol–water partition coefficient (Wildman–Crippen LogP) is 4.79. The highest BCUT2D eigenvalue weighted by atomic mass is 31.1. The van der Waals surface area contributed by atoms with E-state index in [2.05, 4.69) is 121 Å². The summed E-state index contributed by atoms with van der Waals surface area (Å²) in [5.74, 6) is 0. The third kappa shape index (κ3) is 7.85. The van der Waals surface area contributed by atoms with E-state index in [1.54, 1.807) is 0 Å². The summed E-state index contributed by atoms with van der Waals surface area (Å²) >= 11 is 0. The van der Waals surface area contributed by atoms with Gasteiger partial charge in [-0.3, -0.25) is 0 Å². The van der Waals surface area contributed by atoms with Crippen molar-refractivity contribution in [2.75, 3.05) is 0 Å². The Morgan fingerprint density at radius 2 is 0.481 bits per heavy atom. The summed E-state index contributed by atoms with van der Waals surface area (Å²) < 4.78 is 0. The largest absolute Gasteiger partial charge is 0.344 e. The van der Waals surface area contributed by atoms with Crippen LogP contribution in [0, 0.1) is 0 Å². The average molecular weight is 389 g/mol. The molecule has 0 aliphatic rings. The highest BCUT2D eigenvalue weighted by Gasteiger charge is 1.93. The van der Waals surface area contributed by atoms with Crippen LogP contribution in [0.2, 0.25) is 0 Å². The van der Waals surface area contributed by atoms with E-state index in [1.807, 2.05) is 0 Å². The zero-order chi connectivity index (χ0) is 17.9. The zero-order valence-corrected chi connectivity index (χ0v) is 17.3. The van der Waals surface area contributed by atoms with Gasteiger partial charge < -0.3 is 6.15 Å². The number of rotatable bonds is 4. The molecule has 0 spiro atoms. The van der Waals surface area contributed by atoms with Crippen molar-refractivity contribution in [2.45, 2.75) is 0 Å². The molecule has 4 rings (SSSR count). The van der Waals surface area contributed by atoms with Crippen molar-refractivity contribution in [1.82, 2.24) is 6.15 Å². The second kappa shape index (κ2) is 12.2. The standard InChI is InChI=1S/2C12H11P.H3N/c2*1-3-7-11(8-4-1)13-12-9-5-2-6-10-12;/h2*1-10,13H;1H3. The van der Waals surface area contributed by atoms with Gasteiger partial charge in [0.1, 0.15) is 0 Å². The normalized spacial score (nSPS) is 9.48. The van der Waals surface area contributed by atoms with Crippen molar-refractivity contribution in [3.8, 4) is 0 Å². The zero-order valence-electron chi connectivity index (χ0n) is 15.3. The van der Waals surface area contributed by atoms with Crippen molar-refractivity contribution < 1.29 is 0 Å². The molecule has 4 aromatic rings. The van der Waals surface area contributed by atoms with Gasteiger partial charge in [0.15, 0.2) is 0 Å². The Morgan fingerprint density at radius 1 is 0.296 bits per heavy atom. The summed E-state index contributed by atoms with van der Waals surface area (Å²) in [5.41, 5.74) is 0. The molecule has 136 valence electrons. The van der Waals surface area contributed by atoms with Gasteiger partial charge in [0.05, 0.1) is 0 Å². The van der Waals surface area contributed by atoms with Crippen molar-refractivity contribution in [2.24, 2.45) is 0 Å². The van der Waals surface area contributed by atoms with Crippen LogP contribution >= 0.6 is 17.2 Å². The van der Waals surface area contributed by atoms with Crippen LogP contribution in [0.15, 0.2) is 121 Å². The van der Waals surface area contributed by atoms with Crippen LogP contribution in [0.3, 0.4) is 0 Å². The molecule has 1 nitrogen and oxygen atoms in total. The third-order valence-corrected chi connectivity index (χ3v) is 6.16. The molecule has 0 heterocycles. The highest BCUT2D eigenvalue weighted by molar-refractivity contribution is 7.55. The Morgan fingerprint density at radius 3 is 0.667 bits per heavy atom. The first-order chi connectivity index (χ1) is 12.9. The first-order valence-electron chi connectivity index (χ1n) is 8.64. The molecule has 0 amide bonds. The molecule has 27 heavy (non-hydrogen) atoms. The summed E-state index contributed by atoms with van der Waals surface area (Å²) in [6.07, 6.45) is 0. The molecular weight excluding hydrogens is 364 g/mol. The Bertz CT molecular complexity index is 715. The lowest BCUT2D eigenvalue weighted by atomic mass is 10.4. The average Bonchev–Trinajstić information content (AvgIpc) is 2.72. The SMILES string of the molecule is N.c1ccc(Pc2ccccc2)cc1.c1ccc(Pc2ccccc2)cc1. The van der Waals surface area contributed by atoms with E-state index in [0.717, 1.165) is 17.2 Å². The van der Waals surface area contributed by atoms with Gasteiger partial charge in [0.2, 0.25) is 0 Å². The fourth-order valence-corrected chi connectivity index (χ4v) is 4.52. The summed E-state index contributed by atoms with van der Waals surface area (Å²) in [6.45, 7) is 0. The minimum Gasteiger partial charge on any atom is -0.344 e. The minimum atomic E-state index is 0. The van der Waals surface area contributed by atoms with E-state index in [0.29, 0.717) is 0 Å². The van der Waals surface area contributed by atoms with Crippen molar-refractivity contribution in [3.05, 3.63) is 121 Å². The van der Waals surface area contributed by atoms with Gasteiger partial charge in [-0.15, -0.1) is 0 Å². The van der Waals surface area contributed by atoms with Crippen molar-refractivity contribution in [3.63, 3.8) is 0 Å². The summed E-state index contributed by atoms with van der Waals surface area (Å²) in [6, 6.07) is 42.3. The van der Waals surface area contributed by atoms with E-state index in [9.17, 15) is 0 Å². The molecule has 0 saturated heterocycles. The summed E-state index contributed by atoms with van der Waals surface area (Å²) in [7, 11) is 1.55. The maximum absolute atomic E-state index is 2.17. The highest BCUT2D eigenvalue weighted by Crippen LogP contribution is 2.09. The molecule has 0 radical (unpaired) electrons. The van der Waals surface area contributed by atoms with Crippen LogP contribution in [0.4, 0.5) is 0 Å². The quantitative estimate of drug-likeness (QED) is 0.500. The van der Waals surface area contributed by atoms with Crippen molar-refractivity contribution in [1.29, 1.82) is 0 Å². The van der Waals surface area contributed by atoms with Gasteiger partial charge >= 0.3 is 0 Å². The summed E-state index contributed by atoms with van der Waals surface area (Å²) in [4.78, 5) is 0. The fraction of sp³-hybridized carbons (Fsp3) is 0. The van der Waals surface area contributed by atoms with E-state index >= 15 is 0 Å². The summed E-state index contributed by atoms with van der Waals surface area (Å²) in [5, 5.41) is 5.59. The number of hydrogen-bond donors (Lipinski definition) is 1. The van der Waals surface area contributed by atoms with Gasteiger partial charge in [-0.25, -0.2) is 0 Å². The van der Waals surface area contributed by atoms with Crippen LogP contribution in [0.5, 0.6) is 0 Å². The Labute approximate surface area is 166 Å². The lowest BCUT2D eigenvalue weighted by Crippen LogP contribution is -2.01. The van der Waals surface area contributed by atoms with E-state index in [4.69, 9.17) is 0 Å². The Balaban J connectivity index is 0.000000187. The lowest BCUT2D eigenvalue weighted by Gasteiger charge is -2.00. The molecule has 0 aliphatic heterocycles. The molecule has 0 saturated carbocycles. The first-order valence-corrected chi connectivity index (χ1v) is 10.6. The Hall–Kier alpha value is -2.30. The topological polar surface area (TPSA) is 35.0 Å². The maximum Gasteiger partial charge on any atom is -0.0226 e. The second-order valence-electron chi connectivity index (χ2n) is 5.71. The van der Waals surface area contributed by atoms with Crippen molar-refractivity contribution >= 4 is 38.4 Å². The third-order valence-electron chi connectivity index (χ3n) is 3.67. The van der Waals surface area contributed by atoms with Crippen LogP contribution in [-0.4, -0.2) is 0 Å². The molecule has 0 aromatic heterocycles. The van der Waals surface area contributed by atoms with Crippen LogP contribution in [-0.2, 0) is 0 Å².